The molecule has 0 unspecified atom stereocenters. The van der Waals surface area contributed by atoms with Gasteiger partial charge in [0.15, 0.2) is 0 Å². The third-order valence-electron chi connectivity index (χ3n) is 3.88. The highest BCUT2D eigenvalue weighted by molar-refractivity contribution is 5.91. The Bertz CT molecular complexity index is 586. The smallest absolute Gasteiger partial charge is 0.232 e. The number of carbonyl (C=O) groups is 1. The molecular formula is C18H26N2O. The molecular weight excluding hydrogens is 260 g/mol. The van der Waals surface area contributed by atoms with E-state index in [0.29, 0.717) is 6.42 Å². The molecule has 1 aromatic heterocycles. The largest absolute Gasteiger partial charge is 0.274 e. The number of aryl methyl sites for hydroxylation is 1. The molecule has 1 heterocycles. The second kappa shape index (κ2) is 7.96. The zero-order valence-corrected chi connectivity index (χ0v) is 13.3. The molecule has 0 radical (unpaired) electrons. The Balaban J connectivity index is 2.23. The van der Waals surface area contributed by atoms with Crippen LogP contribution in [-0.4, -0.2) is 15.5 Å². The van der Waals surface area contributed by atoms with Crippen molar-refractivity contribution in [1.29, 1.82) is 0 Å². The van der Waals surface area contributed by atoms with Gasteiger partial charge in [-0.25, -0.2) is 4.98 Å². The Kier molecular flexibility index (Phi) is 5.97. The molecule has 0 aliphatic rings. The first-order valence-electron chi connectivity index (χ1n) is 8.27. The number of aromatic nitrogens is 2. The van der Waals surface area contributed by atoms with Crippen molar-refractivity contribution in [2.24, 2.45) is 0 Å². The average molecular weight is 286 g/mol. The van der Waals surface area contributed by atoms with Crippen LogP contribution in [0.15, 0.2) is 24.3 Å². The summed E-state index contributed by atoms with van der Waals surface area (Å²) in [5.74, 6) is 1.13. The Morgan fingerprint density at radius 2 is 1.81 bits per heavy atom. The van der Waals surface area contributed by atoms with Gasteiger partial charge in [0.1, 0.15) is 5.82 Å². The third-order valence-corrected chi connectivity index (χ3v) is 3.88. The van der Waals surface area contributed by atoms with Crippen molar-refractivity contribution >= 4 is 16.9 Å². The molecule has 2 aromatic rings. The summed E-state index contributed by atoms with van der Waals surface area (Å²) >= 11 is 0. The molecule has 0 bridgehead atoms. The molecule has 0 N–H and O–H groups in total. The molecule has 0 fully saturated rings. The van der Waals surface area contributed by atoms with Gasteiger partial charge in [-0.15, -0.1) is 0 Å². The molecule has 0 atom stereocenters. The Labute approximate surface area is 127 Å². The van der Waals surface area contributed by atoms with Crippen LogP contribution in [-0.2, 0) is 6.42 Å². The summed E-state index contributed by atoms with van der Waals surface area (Å²) in [6.45, 7) is 4.33. The SMILES string of the molecule is CCCCCCc1nc2ccccc2n1C(=O)CCCC. The molecule has 3 nitrogen and oxygen atoms in total. The summed E-state index contributed by atoms with van der Waals surface area (Å²) in [5.41, 5.74) is 1.90. The normalized spacial score (nSPS) is 11.1. The van der Waals surface area contributed by atoms with Crippen molar-refractivity contribution in [2.75, 3.05) is 0 Å². The van der Waals surface area contributed by atoms with E-state index in [1.807, 2.05) is 28.8 Å². The van der Waals surface area contributed by atoms with E-state index in [-0.39, 0.29) is 5.91 Å². The maximum absolute atomic E-state index is 12.5. The summed E-state index contributed by atoms with van der Waals surface area (Å²) in [5, 5.41) is 0. The molecule has 0 amide bonds. The minimum absolute atomic E-state index is 0.191. The lowest BCUT2D eigenvalue weighted by Crippen LogP contribution is -2.14. The highest BCUT2D eigenvalue weighted by Gasteiger charge is 2.15. The Hall–Kier alpha value is -1.64. The maximum Gasteiger partial charge on any atom is 0.232 e. The van der Waals surface area contributed by atoms with Gasteiger partial charge < -0.3 is 0 Å². The van der Waals surface area contributed by atoms with E-state index < -0.39 is 0 Å². The lowest BCUT2D eigenvalue weighted by atomic mass is 10.1. The first kappa shape index (κ1) is 15.7. The number of carbonyl (C=O) groups excluding carboxylic acids is 1. The molecule has 114 valence electrons. The fraction of sp³-hybridized carbons (Fsp3) is 0.556. The first-order valence-corrected chi connectivity index (χ1v) is 8.27. The fourth-order valence-corrected chi connectivity index (χ4v) is 2.67. The lowest BCUT2D eigenvalue weighted by Gasteiger charge is -2.07. The first-order chi connectivity index (χ1) is 10.3. The number of rotatable bonds is 8. The van der Waals surface area contributed by atoms with Crippen molar-refractivity contribution < 1.29 is 4.79 Å². The molecule has 1 aromatic carbocycles. The van der Waals surface area contributed by atoms with E-state index in [4.69, 9.17) is 0 Å². The molecule has 0 aliphatic carbocycles. The molecule has 21 heavy (non-hydrogen) atoms. The summed E-state index contributed by atoms with van der Waals surface area (Å²) < 4.78 is 1.86. The van der Waals surface area contributed by atoms with Crippen LogP contribution in [0.2, 0.25) is 0 Å². The molecule has 0 aliphatic heterocycles. The average Bonchev–Trinajstić information content (AvgIpc) is 2.87. The number of fused-ring (bicyclic) bond motifs is 1. The van der Waals surface area contributed by atoms with E-state index in [2.05, 4.69) is 18.8 Å². The molecule has 2 rings (SSSR count). The standard InChI is InChI=1S/C18H26N2O/c1-3-5-7-8-13-17-19-15-11-9-10-12-16(15)20(17)18(21)14-6-4-2/h9-12H,3-8,13-14H2,1-2H3. The monoisotopic (exact) mass is 286 g/mol. The van der Waals surface area contributed by atoms with E-state index in [0.717, 1.165) is 42.5 Å². The van der Waals surface area contributed by atoms with Gasteiger partial charge >= 0.3 is 0 Å². The van der Waals surface area contributed by atoms with E-state index in [9.17, 15) is 4.79 Å². The van der Waals surface area contributed by atoms with E-state index >= 15 is 0 Å². The number of nitrogens with zero attached hydrogens (tertiary/aromatic N) is 2. The Morgan fingerprint density at radius 3 is 2.57 bits per heavy atom. The predicted molar refractivity (Wildman–Crippen MR) is 87.7 cm³/mol. The van der Waals surface area contributed by atoms with Gasteiger partial charge in [0.2, 0.25) is 5.91 Å². The number of imidazole rings is 1. The number of para-hydroxylation sites is 2. The van der Waals surface area contributed by atoms with Crippen LogP contribution in [0.3, 0.4) is 0 Å². The number of unbranched alkanes of at least 4 members (excludes halogenated alkanes) is 4. The van der Waals surface area contributed by atoms with Crippen LogP contribution < -0.4 is 0 Å². The van der Waals surface area contributed by atoms with Crippen molar-refractivity contribution in [2.45, 2.75) is 65.2 Å². The minimum Gasteiger partial charge on any atom is -0.274 e. The van der Waals surface area contributed by atoms with Gasteiger partial charge in [-0.1, -0.05) is 51.7 Å². The quantitative estimate of drug-likeness (QED) is 0.641. The molecule has 0 saturated carbocycles. The van der Waals surface area contributed by atoms with Gasteiger partial charge in [0.05, 0.1) is 11.0 Å². The van der Waals surface area contributed by atoms with Crippen molar-refractivity contribution in [1.82, 2.24) is 9.55 Å². The van der Waals surface area contributed by atoms with Gasteiger partial charge in [-0.05, 0) is 25.0 Å². The summed E-state index contributed by atoms with van der Waals surface area (Å²) in [6.07, 6.45) is 8.30. The van der Waals surface area contributed by atoms with Gasteiger partial charge in [0.25, 0.3) is 0 Å². The van der Waals surface area contributed by atoms with Crippen LogP contribution in [0.5, 0.6) is 0 Å². The zero-order valence-electron chi connectivity index (χ0n) is 13.3. The van der Waals surface area contributed by atoms with Crippen LogP contribution in [0, 0.1) is 0 Å². The second-order valence-corrected chi connectivity index (χ2v) is 5.66. The zero-order chi connectivity index (χ0) is 15.1. The van der Waals surface area contributed by atoms with E-state index in [1.54, 1.807) is 0 Å². The molecule has 0 spiro atoms. The number of hydrogen-bond acceptors (Lipinski definition) is 2. The fourth-order valence-electron chi connectivity index (χ4n) is 2.67. The van der Waals surface area contributed by atoms with Crippen LogP contribution in [0.1, 0.15) is 69.4 Å². The van der Waals surface area contributed by atoms with Gasteiger partial charge in [0, 0.05) is 12.8 Å². The third kappa shape index (κ3) is 3.93. The number of hydrogen-bond donors (Lipinski definition) is 0. The predicted octanol–water partition coefficient (Wildman–Crippen LogP) is 4.99. The van der Waals surface area contributed by atoms with Crippen LogP contribution >= 0.6 is 0 Å². The van der Waals surface area contributed by atoms with Crippen LogP contribution in [0.4, 0.5) is 0 Å². The number of benzene rings is 1. The second-order valence-electron chi connectivity index (χ2n) is 5.66. The van der Waals surface area contributed by atoms with Crippen molar-refractivity contribution in [3.05, 3.63) is 30.1 Å². The van der Waals surface area contributed by atoms with Crippen molar-refractivity contribution in [3.63, 3.8) is 0 Å². The summed E-state index contributed by atoms with van der Waals surface area (Å²) in [4.78, 5) is 17.2. The highest BCUT2D eigenvalue weighted by Crippen LogP contribution is 2.19. The van der Waals surface area contributed by atoms with Gasteiger partial charge in [-0.3, -0.25) is 9.36 Å². The molecule has 3 heteroatoms. The summed E-state index contributed by atoms with van der Waals surface area (Å²) in [7, 11) is 0. The molecule has 0 saturated heterocycles. The lowest BCUT2D eigenvalue weighted by molar-refractivity contribution is 0.0901. The van der Waals surface area contributed by atoms with E-state index in [1.165, 1.54) is 19.3 Å². The minimum atomic E-state index is 0.191. The van der Waals surface area contributed by atoms with Crippen molar-refractivity contribution in [3.8, 4) is 0 Å². The topological polar surface area (TPSA) is 34.9 Å². The highest BCUT2D eigenvalue weighted by atomic mass is 16.2. The Morgan fingerprint density at radius 1 is 1.05 bits per heavy atom. The van der Waals surface area contributed by atoms with Gasteiger partial charge in [-0.2, -0.15) is 0 Å². The summed E-state index contributed by atoms with van der Waals surface area (Å²) in [6, 6.07) is 7.96. The van der Waals surface area contributed by atoms with Crippen LogP contribution in [0.25, 0.3) is 11.0 Å². The maximum atomic E-state index is 12.5.